The fourth-order valence-corrected chi connectivity index (χ4v) is 3.38. The van der Waals surface area contributed by atoms with Crippen molar-refractivity contribution in [1.82, 2.24) is 5.16 Å². The largest absolute Gasteiger partial charge is 0.360 e. The number of rotatable bonds is 6. The Kier molecular flexibility index (Phi) is 5.15. The molecule has 0 aliphatic carbocycles. The molecule has 1 atom stereocenters. The van der Waals surface area contributed by atoms with Gasteiger partial charge in [0.15, 0.2) is 15.7 Å². The summed E-state index contributed by atoms with van der Waals surface area (Å²) in [5, 5.41) is 5.25. The highest BCUT2D eigenvalue weighted by molar-refractivity contribution is 7.91. The van der Waals surface area contributed by atoms with E-state index in [0.717, 1.165) is 0 Å². The van der Waals surface area contributed by atoms with Crippen LogP contribution in [0.4, 0.5) is 10.2 Å². The van der Waals surface area contributed by atoms with Crippen LogP contribution in [-0.2, 0) is 14.6 Å². The van der Waals surface area contributed by atoms with Crippen LogP contribution >= 0.6 is 0 Å². The van der Waals surface area contributed by atoms with Gasteiger partial charge in [-0.25, -0.2) is 12.8 Å². The van der Waals surface area contributed by atoms with E-state index >= 15 is 0 Å². The normalized spacial score (nSPS) is 12.8. The van der Waals surface area contributed by atoms with Gasteiger partial charge >= 0.3 is 0 Å². The van der Waals surface area contributed by atoms with Gasteiger partial charge < -0.3 is 9.84 Å². The number of carbonyl (C=O) groups is 1. The van der Waals surface area contributed by atoms with E-state index in [9.17, 15) is 17.6 Å². The van der Waals surface area contributed by atoms with E-state index in [0.29, 0.717) is 11.3 Å². The first kappa shape index (κ1) is 17.1. The van der Waals surface area contributed by atoms with Gasteiger partial charge in [0.1, 0.15) is 11.6 Å². The third-order valence-electron chi connectivity index (χ3n) is 3.39. The van der Waals surface area contributed by atoms with E-state index in [1.54, 1.807) is 6.92 Å². The molecule has 0 bridgehead atoms. The van der Waals surface area contributed by atoms with Crippen LogP contribution < -0.4 is 5.32 Å². The van der Waals surface area contributed by atoms with Gasteiger partial charge in [0.25, 0.3) is 0 Å². The fourth-order valence-electron chi connectivity index (χ4n) is 1.98. The molecule has 0 aliphatic heterocycles. The number of hydrogen-bond donors (Lipinski definition) is 1. The van der Waals surface area contributed by atoms with E-state index < -0.39 is 26.8 Å². The SMILES string of the molecule is Cc1cc(NC(=O)CCS(=O)(=O)C(C)c2ccc(F)cc2)no1. The Labute approximate surface area is 133 Å². The monoisotopic (exact) mass is 340 g/mol. The molecule has 2 aromatic rings. The van der Waals surface area contributed by atoms with Gasteiger partial charge in [-0.15, -0.1) is 0 Å². The third-order valence-corrected chi connectivity index (χ3v) is 5.51. The van der Waals surface area contributed by atoms with Crippen molar-refractivity contribution in [2.45, 2.75) is 25.5 Å². The van der Waals surface area contributed by atoms with Gasteiger partial charge in [-0.05, 0) is 31.5 Å². The fraction of sp³-hybridized carbons (Fsp3) is 0.333. The van der Waals surface area contributed by atoms with Crippen molar-refractivity contribution in [3.63, 3.8) is 0 Å². The van der Waals surface area contributed by atoms with Crippen molar-refractivity contribution in [3.8, 4) is 0 Å². The molecule has 0 saturated heterocycles. The molecular formula is C15H17FN2O4S. The van der Waals surface area contributed by atoms with E-state index in [2.05, 4.69) is 10.5 Å². The van der Waals surface area contributed by atoms with Gasteiger partial charge in [0.05, 0.1) is 11.0 Å². The Morgan fingerprint density at radius 1 is 1.35 bits per heavy atom. The van der Waals surface area contributed by atoms with Gasteiger partial charge in [0, 0.05) is 12.5 Å². The smallest absolute Gasteiger partial charge is 0.226 e. The minimum Gasteiger partial charge on any atom is -0.360 e. The van der Waals surface area contributed by atoms with Crippen LogP contribution in [0.15, 0.2) is 34.9 Å². The Morgan fingerprint density at radius 2 is 2.00 bits per heavy atom. The second-order valence-electron chi connectivity index (χ2n) is 5.18. The first-order valence-corrected chi connectivity index (χ1v) is 8.69. The highest BCUT2D eigenvalue weighted by Crippen LogP contribution is 2.23. The maximum absolute atomic E-state index is 12.9. The summed E-state index contributed by atoms with van der Waals surface area (Å²) in [6.45, 7) is 3.19. The first-order valence-electron chi connectivity index (χ1n) is 6.98. The third kappa shape index (κ3) is 4.62. The number of hydrogen-bond acceptors (Lipinski definition) is 5. The number of aryl methyl sites for hydroxylation is 1. The Balaban J connectivity index is 1.95. The molecular weight excluding hydrogens is 323 g/mol. The molecule has 0 radical (unpaired) electrons. The maximum Gasteiger partial charge on any atom is 0.226 e. The summed E-state index contributed by atoms with van der Waals surface area (Å²) in [5.41, 5.74) is 0.485. The van der Waals surface area contributed by atoms with E-state index in [4.69, 9.17) is 4.52 Å². The summed E-state index contributed by atoms with van der Waals surface area (Å²) in [6.07, 6.45) is -0.195. The van der Waals surface area contributed by atoms with Crippen molar-refractivity contribution in [2.75, 3.05) is 11.1 Å². The number of nitrogens with zero attached hydrogens (tertiary/aromatic N) is 1. The predicted octanol–water partition coefficient (Wildman–Crippen LogP) is 2.63. The van der Waals surface area contributed by atoms with Crippen molar-refractivity contribution in [1.29, 1.82) is 0 Å². The number of amides is 1. The van der Waals surface area contributed by atoms with E-state index in [-0.39, 0.29) is 18.0 Å². The zero-order chi connectivity index (χ0) is 17.0. The number of aromatic nitrogens is 1. The molecule has 124 valence electrons. The van der Waals surface area contributed by atoms with Crippen LogP contribution in [0.1, 0.15) is 29.9 Å². The zero-order valence-electron chi connectivity index (χ0n) is 12.7. The number of nitrogens with one attached hydrogen (secondary N) is 1. The molecule has 8 heteroatoms. The second kappa shape index (κ2) is 6.91. The lowest BCUT2D eigenvalue weighted by Gasteiger charge is -2.13. The number of sulfone groups is 1. The first-order chi connectivity index (χ1) is 10.8. The lowest BCUT2D eigenvalue weighted by atomic mass is 10.2. The van der Waals surface area contributed by atoms with Crippen LogP contribution in [0.2, 0.25) is 0 Å². The summed E-state index contributed by atoms with van der Waals surface area (Å²) < 4.78 is 42.2. The molecule has 1 heterocycles. The van der Waals surface area contributed by atoms with Crippen molar-refractivity contribution < 1.29 is 22.1 Å². The predicted molar refractivity (Wildman–Crippen MR) is 83.1 cm³/mol. The summed E-state index contributed by atoms with van der Waals surface area (Å²) in [7, 11) is -3.54. The highest BCUT2D eigenvalue weighted by Gasteiger charge is 2.23. The van der Waals surface area contributed by atoms with Gasteiger partial charge in [-0.3, -0.25) is 4.79 Å². The zero-order valence-corrected chi connectivity index (χ0v) is 13.6. The molecule has 23 heavy (non-hydrogen) atoms. The van der Waals surface area contributed by atoms with Crippen molar-refractivity contribution >= 4 is 21.6 Å². The van der Waals surface area contributed by atoms with Crippen molar-refractivity contribution in [3.05, 3.63) is 47.5 Å². The summed E-state index contributed by atoms with van der Waals surface area (Å²) >= 11 is 0. The lowest BCUT2D eigenvalue weighted by molar-refractivity contribution is -0.115. The summed E-state index contributed by atoms with van der Waals surface area (Å²) in [4.78, 5) is 11.8. The molecule has 6 nitrogen and oxygen atoms in total. The van der Waals surface area contributed by atoms with Crippen LogP contribution in [0.5, 0.6) is 0 Å². The number of carbonyl (C=O) groups excluding carboxylic acids is 1. The minimum atomic E-state index is -3.54. The van der Waals surface area contributed by atoms with Crippen molar-refractivity contribution in [2.24, 2.45) is 0 Å². The quantitative estimate of drug-likeness (QED) is 0.873. The molecule has 1 amide bonds. The minimum absolute atomic E-state index is 0.195. The van der Waals surface area contributed by atoms with Crippen LogP contribution in [0, 0.1) is 12.7 Å². The molecule has 0 fully saturated rings. The highest BCUT2D eigenvalue weighted by atomic mass is 32.2. The summed E-state index contributed by atoms with van der Waals surface area (Å²) in [6, 6.07) is 6.81. The molecule has 1 aromatic heterocycles. The van der Waals surface area contributed by atoms with E-state index in [1.165, 1.54) is 37.3 Å². The molecule has 0 aliphatic rings. The van der Waals surface area contributed by atoms with Crippen LogP contribution in [-0.4, -0.2) is 25.2 Å². The number of halogens is 1. The molecule has 1 N–H and O–H groups in total. The Hall–Kier alpha value is -2.22. The van der Waals surface area contributed by atoms with Crippen LogP contribution in [0.25, 0.3) is 0 Å². The standard InChI is InChI=1S/C15H17FN2O4S/c1-10-9-14(18-22-10)17-15(19)7-8-23(20,21)11(2)12-3-5-13(16)6-4-12/h3-6,9,11H,7-8H2,1-2H3,(H,17,18,19). The number of anilines is 1. The summed E-state index contributed by atoms with van der Waals surface area (Å²) in [5.74, 6) is -0.419. The average Bonchev–Trinajstić information content (AvgIpc) is 2.90. The van der Waals surface area contributed by atoms with Gasteiger partial charge in [0.2, 0.25) is 5.91 Å². The molecule has 1 aromatic carbocycles. The van der Waals surface area contributed by atoms with Gasteiger partial charge in [-0.2, -0.15) is 0 Å². The molecule has 0 spiro atoms. The van der Waals surface area contributed by atoms with Crippen LogP contribution in [0.3, 0.4) is 0 Å². The average molecular weight is 340 g/mol. The maximum atomic E-state index is 12.9. The Morgan fingerprint density at radius 3 is 2.57 bits per heavy atom. The lowest BCUT2D eigenvalue weighted by Crippen LogP contribution is -2.20. The molecule has 1 unspecified atom stereocenters. The number of benzene rings is 1. The molecule has 0 saturated carbocycles. The van der Waals surface area contributed by atoms with Gasteiger partial charge in [-0.1, -0.05) is 17.3 Å². The van der Waals surface area contributed by atoms with E-state index in [1.807, 2.05) is 0 Å². The molecule has 2 rings (SSSR count). The second-order valence-corrected chi connectivity index (χ2v) is 7.62. The topological polar surface area (TPSA) is 89.3 Å². The Bertz CT molecular complexity index is 784.